The number of imidazole rings is 1. The molecule has 0 amide bonds. The molecule has 0 fully saturated rings. The van der Waals surface area contributed by atoms with Crippen molar-refractivity contribution in [2.24, 2.45) is 0 Å². The number of hydrogen-bond donors (Lipinski definition) is 1. The molecule has 0 spiro atoms. The molecule has 0 aliphatic heterocycles. The number of carbonyl (C=O) groups is 1. The van der Waals surface area contributed by atoms with Crippen molar-refractivity contribution >= 4 is 11.5 Å². The smallest absolute Gasteiger partial charge is 0.374 e. The summed E-state index contributed by atoms with van der Waals surface area (Å²) in [5.74, 6) is -1.12. The normalized spacial score (nSPS) is 10.7. The predicted octanol–water partition coefficient (Wildman–Crippen LogP) is 1.04. The van der Waals surface area contributed by atoms with E-state index >= 15 is 0 Å². The van der Waals surface area contributed by atoms with Crippen LogP contribution in [0.1, 0.15) is 21.9 Å². The number of carboxylic acid groups (broad SMARTS) is 1. The van der Waals surface area contributed by atoms with Gasteiger partial charge in [0.25, 0.3) is 0 Å². The van der Waals surface area contributed by atoms with Crippen molar-refractivity contribution < 1.29 is 9.90 Å². The van der Waals surface area contributed by atoms with Crippen LogP contribution in [-0.2, 0) is 0 Å². The second-order valence-corrected chi connectivity index (χ2v) is 3.15. The Kier molecular flexibility index (Phi) is 1.73. The third kappa shape index (κ3) is 1.14. The molecule has 0 aromatic carbocycles. The van der Waals surface area contributed by atoms with Gasteiger partial charge in [-0.3, -0.25) is 0 Å². The average Bonchev–Trinajstić information content (AvgIpc) is 2.47. The van der Waals surface area contributed by atoms with Crippen molar-refractivity contribution in [3.63, 3.8) is 0 Å². The van der Waals surface area contributed by atoms with Crippen molar-refractivity contribution in [2.75, 3.05) is 0 Å². The zero-order valence-corrected chi connectivity index (χ0v) is 7.85. The van der Waals surface area contributed by atoms with E-state index in [0.717, 1.165) is 16.8 Å². The van der Waals surface area contributed by atoms with Crippen molar-refractivity contribution in [2.45, 2.75) is 13.8 Å². The van der Waals surface area contributed by atoms with E-state index in [-0.39, 0.29) is 5.82 Å². The Morgan fingerprint density at radius 1 is 1.50 bits per heavy atom. The highest BCUT2D eigenvalue weighted by molar-refractivity contribution is 5.84. The van der Waals surface area contributed by atoms with Gasteiger partial charge < -0.3 is 5.11 Å². The van der Waals surface area contributed by atoms with Crippen LogP contribution in [0.5, 0.6) is 0 Å². The molecule has 0 atom stereocenters. The van der Waals surface area contributed by atoms with E-state index < -0.39 is 5.97 Å². The molecule has 0 radical (unpaired) electrons. The fourth-order valence-corrected chi connectivity index (χ4v) is 1.44. The Labute approximate surface area is 80.0 Å². The van der Waals surface area contributed by atoms with Gasteiger partial charge in [0.2, 0.25) is 5.82 Å². The maximum absolute atomic E-state index is 10.8. The predicted molar refractivity (Wildman–Crippen MR) is 49.4 cm³/mol. The van der Waals surface area contributed by atoms with E-state index in [2.05, 4.69) is 10.1 Å². The van der Waals surface area contributed by atoms with Gasteiger partial charge in [-0.15, -0.1) is 0 Å². The van der Waals surface area contributed by atoms with Crippen molar-refractivity contribution in [3.05, 3.63) is 29.3 Å². The van der Waals surface area contributed by atoms with Crippen molar-refractivity contribution in [1.82, 2.24) is 14.6 Å². The van der Waals surface area contributed by atoms with Gasteiger partial charge in [-0.25, -0.2) is 14.3 Å². The van der Waals surface area contributed by atoms with Crippen LogP contribution in [0, 0.1) is 13.8 Å². The number of hydrogen-bond acceptors (Lipinski definition) is 3. The minimum Gasteiger partial charge on any atom is -0.475 e. The van der Waals surface area contributed by atoms with E-state index in [1.54, 1.807) is 0 Å². The van der Waals surface area contributed by atoms with E-state index in [0.29, 0.717) is 0 Å². The first-order valence-electron chi connectivity index (χ1n) is 4.15. The summed E-state index contributed by atoms with van der Waals surface area (Å²) in [6, 6.07) is 1.89. The number of aromatic nitrogens is 3. The molecule has 72 valence electrons. The third-order valence-corrected chi connectivity index (χ3v) is 2.02. The Morgan fingerprint density at radius 2 is 2.21 bits per heavy atom. The molecule has 0 unspecified atom stereocenters. The molecule has 0 bridgehead atoms. The van der Waals surface area contributed by atoms with Crippen LogP contribution in [0.25, 0.3) is 5.52 Å². The summed E-state index contributed by atoms with van der Waals surface area (Å²) < 4.78 is 1.35. The Morgan fingerprint density at radius 3 is 2.86 bits per heavy atom. The summed E-state index contributed by atoms with van der Waals surface area (Å²) in [5, 5.41) is 12.9. The van der Waals surface area contributed by atoms with Crippen LogP contribution in [0.3, 0.4) is 0 Å². The standard InChI is InChI=1S/C9H9N3O2/c1-5-3-6(2)11-12-7(5)4-10-8(12)9(13)14/h3-4H,1-2H3,(H,13,14). The van der Waals surface area contributed by atoms with Crippen molar-refractivity contribution in [3.8, 4) is 0 Å². The lowest BCUT2D eigenvalue weighted by atomic mass is 10.2. The molecule has 0 aliphatic carbocycles. The van der Waals surface area contributed by atoms with E-state index in [1.165, 1.54) is 10.7 Å². The van der Waals surface area contributed by atoms with Crippen LogP contribution in [0.4, 0.5) is 0 Å². The highest BCUT2D eigenvalue weighted by Crippen LogP contribution is 2.11. The molecule has 2 aromatic rings. The molecule has 5 heteroatoms. The van der Waals surface area contributed by atoms with Gasteiger partial charge in [0.05, 0.1) is 17.4 Å². The van der Waals surface area contributed by atoms with Gasteiger partial charge in [0.1, 0.15) is 0 Å². The number of rotatable bonds is 1. The fourth-order valence-electron chi connectivity index (χ4n) is 1.44. The van der Waals surface area contributed by atoms with Crippen LogP contribution in [0.2, 0.25) is 0 Å². The van der Waals surface area contributed by atoms with Crippen LogP contribution in [-0.4, -0.2) is 25.7 Å². The molecule has 14 heavy (non-hydrogen) atoms. The van der Waals surface area contributed by atoms with Gasteiger partial charge in [-0.05, 0) is 25.5 Å². The lowest BCUT2D eigenvalue weighted by molar-refractivity contribution is 0.0681. The zero-order valence-electron chi connectivity index (χ0n) is 7.85. The molecule has 0 saturated carbocycles. The topological polar surface area (TPSA) is 67.5 Å². The lowest BCUT2D eigenvalue weighted by Crippen LogP contribution is -2.07. The summed E-state index contributed by atoms with van der Waals surface area (Å²) in [5.41, 5.74) is 2.47. The second kappa shape index (κ2) is 2.80. The molecule has 2 heterocycles. The first-order valence-corrected chi connectivity index (χ1v) is 4.15. The first kappa shape index (κ1) is 8.68. The van der Waals surface area contributed by atoms with E-state index in [9.17, 15) is 4.79 Å². The SMILES string of the molecule is Cc1cc(C)c2cnc(C(=O)O)n2n1. The van der Waals surface area contributed by atoms with Gasteiger partial charge >= 0.3 is 5.97 Å². The summed E-state index contributed by atoms with van der Waals surface area (Å²) in [4.78, 5) is 14.6. The maximum atomic E-state index is 10.8. The number of aromatic carboxylic acids is 1. The molecule has 0 aliphatic rings. The monoisotopic (exact) mass is 191 g/mol. The Balaban J connectivity index is 2.85. The summed E-state index contributed by atoms with van der Waals surface area (Å²) in [6.45, 7) is 3.72. The lowest BCUT2D eigenvalue weighted by Gasteiger charge is -2.00. The van der Waals surface area contributed by atoms with E-state index in [1.807, 2.05) is 19.9 Å². The summed E-state index contributed by atoms with van der Waals surface area (Å²) in [7, 11) is 0. The second-order valence-electron chi connectivity index (χ2n) is 3.15. The molecule has 2 aromatic heterocycles. The largest absolute Gasteiger partial charge is 0.475 e. The highest BCUT2D eigenvalue weighted by atomic mass is 16.4. The van der Waals surface area contributed by atoms with Gasteiger partial charge in [0, 0.05) is 0 Å². The minimum atomic E-state index is -1.07. The van der Waals surface area contributed by atoms with Crippen LogP contribution >= 0.6 is 0 Å². The molecule has 2 rings (SSSR count). The molecule has 5 nitrogen and oxygen atoms in total. The van der Waals surface area contributed by atoms with E-state index in [4.69, 9.17) is 5.11 Å². The first-order chi connectivity index (χ1) is 6.59. The average molecular weight is 191 g/mol. The number of nitrogens with zero attached hydrogens (tertiary/aromatic N) is 3. The van der Waals surface area contributed by atoms with Crippen LogP contribution in [0.15, 0.2) is 12.3 Å². The molecule has 1 N–H and O–H groups in total. The Bertz CT molecular complexity index is 516. The quantitative estimate of drug-likeness (QED) is 0.731. The molecule has 0 saturated heterocycles. The van der Waals surface area contributed by atoms with Gasteiger partial charge in [0.15, 0.2) is 0 Å². The highest BCUT2D eigenvalue weighted by Gasteiger charge is 2.13. The number of aryl methyl sites for hydroxylation is 2. The summed E-state index contributed by atoms with van der Waals surface area (Å²) >= 11 is 0. The maximum Gasteiger partial charge on any atom is 0.374 e. The number of fused-ring (bicyclic) bond motifs is 1. The minimum absolute atomic E-state index is 0.0493. The summed E-state index contributed by atoms with van der Waals surface area (Å²) in [6.07, 6.45) is 1.52. The van der Waals surface area contributed by atoms with Gasteiger partial charge in [-0.2, -0.15) is 5.10 Å². The molecular formula is C9H9N3O2. The zero-order chi connectivity index (χ0) is 10.3. The van der Waals surface area contributed by atoms with Crippen molar-refractivity contribution in [1.29, 1.82) is 0 Å². The Hall–Kier alpha value is -1.91. The van der Waals surface area contributed by atoms with Gasteiger partial charge in [-0.1, -0.05) is 0 Å². The third-order valence-electron chi connectivity index (χ3n) is 2.02. The molecular weight excluding hydrogens is 182 g/mol. The fraction of sp³-hybridized carbons (Fsp3) is 0.222. The number of carboxylic acids is 1. The van der Waals surface area contributed by atoms with Crippen LogP contribution < -0.4 is 0 Å².